The lowest BCUT2D eigenvalue weighted by Crippen LogP contribution is -1.87. The molecule has 0 aliphatic rings. The van der Waals surface area contributed by atoms with Crippen LogP contribution in [0.15, 0.2) is 4.42 Å². The SMILES string of the molecule is CCc1nc(C)oc1CO. The molecule has 3 nitrogen and oxygen atoms in total. The van der Waals surface area contributed by atoms with Crippen molar-refractivity contribution >= 4 is 0 Å². The molecule has 1 rings (SSSR count). The standard InChI is InChI=1S/C7H11NO2/c1-3-6-7(4-9)10-5(2)8-6/h9H,3-4H2,1-2H3. The Morgan fingerprint density at radius 3 is 2.70 bits per heavy atom. The minimum Gasteiger partial charge on any atom is -0.443 e. The smallest absolute Gasteiger partial charge is 0.191 e. The van der Waals surface area contributed by atoms with Gasteiger partial charge < -0.3 is 9.52 Å². The number of oxazole rings is 1. The van der Waals surface area contributed by atoms with E-state index in [4.69, 9.17) is 9.52 Å². The van der Waals surface area contributed by atoms with Gasteiger partial charge >= 0.3 is 0 Å². The molecule has 0 spiro atoms. The number of nitrogens with zero attached hydrogens (tertiary/aromatic N) is 1. The average molecular weight is 141 g/mol. The third-order valence-electron chi connectivity index (χ3n) is 1.36. The van der Waals surface area contributed by atoms with E-state index in [1.54, 1.807) is 6.92 Å². The Balaban J connectivity index is 2.96. The molecule has 3 heteroatoms. The maximum Gasteiger partial charge on any atom is 0.191 e. The summed E-state index contributed by atoms with van der Waals surface area (Å²) < 4.78 is 5.09. The molecule has 0 atom stereocenters. The van der Waals surface area contributed by atoms with Gasteiger partial charge in [0.1, 0.15) is 6.61 Å². The summed E-state index contributed by atoms with van der Waals surface area (Å²) in [5, 5.41) is 8.73. The zero-order valence-electron chi connectivity index (χ0n) is 6.22. The molecule has 0 fully saturated rings. The molecule has 0 bridgehead atoms. The van der Waals surface area contributed by atoms with E-state index in [2.05, 4.69) is 4.98 Å². The predicted molar refractivity (Wildman–Crippen MR) is 36.5 cm³/mol. The predicted octanol–water partition coefficient (Wildman–Crippen LogP) is 1.04. The Bertz CT molecular complexity index is 196. The first kappa shape index (κ1) is 7.28. The number of hydrogen-bond donors (Lipinski definition) is 1. The van der Waals surface area contributed by atoms with Crippen molar-refractivity contribution in [1.82, 2.24) is 4.98 Å². The first-order valence-corrected chi connectivity index (χ1v) is 3.34. The van der Waals surface area contributed by atoms with Gasteiger partial charge in [-0.1, -0.05) is 6.92 Å². The fraction of sp³-hybridized carbons (Fsp3) is 0.571. The maximum absolute atomic E-state index is 8.73. The summed E-state index contributed by atoms with van der Waals surface area (Å²) in [6.45, 7) is 3.71. The van der Waals surface area contributed by atoms with E-state index < -0.39 is 0 Å². The number of aryl methyl sites for hydroxylation is 2. The Morgan fingerprint density at radius 1 is 1.60 bits per heavy atom. The molecule has 0 aromatic carbocycles. The number of aliphatic hydroxyl groups excluding tert-OH is 1. The summed E-state index contributed by atoms with van der Waals surface area (Å²) >= 11 is 0. The molecule has 1 aromatic heterocycles. The first-order chi connectivity index (χ1) is 4.77. The van der Waals surface area contributed by atoms with Gasteiger partial charge in [0.25, 0.3) is 0 Å². The van der Waals surface area contributed by atoms with Crippen LogP contribution in [0.5, 0.6) is 0 Å². The molecule has 10 heavy (non-hydrogen) atoms. The van der Waals surface area contributed by atoms with Crippen LogP contribution in [0.4, 0.5) is 0 Å². The molecule has 1 aromatic rings. The van der Waals surface area contributed by atoms with Crippen molar-refractivity contribution in [3.8, 4) is 0 Å². The van der Waals surface area contributed by atoms with E-state index in [9.17, 15) is 0 Å². The van der Waals surface area contributed by atoms with Gasteiger partial charge in [0.15, 0.2) is 11.7 Å². The van der Waals surface area contributed by atoms with Crippen molar-refractivity contribution in [2.24, 2.45) is 0 Å². The van der Waals surface area contributed by atoms with Gasteiger partial charge in [-0.05, 0) is 6.42 Å². The van der Waals surface area contributed by atoms with E-state index in [1.165, 1.54) is 0 Å². The Kier molecular flexibility index (Phi) is 2.06. The van der Waals surface area contributed by atoms with Gasteiger partial charge in [-0.25, -0.2) is 4.98 Å². The van der Waals surface area contributed by atoms with Crippen LogP contribution in [0.25, 0.3) is 0 Å². The van der Waals surface area contributed by atoms with Crippen LogP contribution in [0.1, 0.15) is 24.3 Å². The monoisotopic (exact) mass is 141 g/mol. The second kappa shape index (κ2) is 2.84. The molecular formula is C7H11NO2. The second-order valence-corrected chi connectivity index (χ2v) is 2.11. The van der Waals surface area contributed by atoms with Crippen LogP contribution in [0, 0.1) is 6.92 Å². The van der Waals surface area contributed by atoms with E-state index in [1.807, 2.05) is 6.92 Å². The highest BCUT2D eigenvalue weighted by Crippen LogP contribution is 2.10. The largest absolute Gasteiger partial charge is 0.443 e. The van der Waals surface area contributed by atoms with Crippen molar-refractivity contribution in [1.29, 1.82) is 0 Å². The lowest BCUT2D eigenvalue weighted by molar-refractivity contribution is 0.243. The number of aliphatic hydroxyl groups is 1. The molecule has 0 saturated carbocycles. The minimum atomic E-state index is -0.0516. The molecule has 56 valence electrons. The fourth-order valence-electron chi connectivity index (χ4n) is 0.912. The Morgan fingerprint density at radius 2 is 2.30 bits per heavy atom. The highest BCUT2D eigenvalue weighted by atomic mass is 16.4. The fourth-order valence-corrected chi connectivity index (χ4v) is 0.912. The van der Waals surface area contributed by atoms with Crippen molar-refractivity contribution in [3.05, 3.63) is 17.3 Å². The van der Waals surface area contributed by atoms with Crippen LogP contribution < -0.4 is 0 Å². The van der Waals surface area contributed by atoms with Crippen molar-refractivity contribution < 1.29 is 9.52 Å². The molecule has 0 amide bonds. The number of rotatable bonds is 2. The van der Waals surface area contributed by atoms with Crippen LogP contribution >= 0.6 is 0 Å². The van der Waals surface area contributed by atoms with E-state index >= 15 is 0 Å². The third kappa shape index (κ3) is 1.19. The van der Waals surface area contributed by atoms with Crippen LogP contribution in [0.2, 0.25) is 0 Å². The molecule has 0 aliphatic heterocycles. The minimum absolute atomic E-state index is 0.0516. The summed E-state index contributed by atoms with van der Waals surface area (Å²) in [6.07, 6.45) is 0.813. The highest BCUT2D eigenvalue weighted by molar-refractivity contribution is 5.07. The van der Waals surface area contributed by atoms with Crippen LogP contribution in [-0.4, -0.2) is 10.1 Å². The second-order valence-electron chi connectivity index (χ2n) is 2.11. The van der Waals surface area contributed by atoms with Gasteiger partial charge in [0.05, 0.1) is 5.69 Å². The molecule has 0 aliphatic carbocycles. The summed E-state index contributed by atoms with van der Waals surface area (Å²) in [6, 6.07) is 0. The zero-order chi connectivity index (χ0) is 7.56. The number of aromatic nitrogens is 1. The third-order valence-corrected chi connectivity index (χ3v) is 1.36. The van der Waals surface area contributed by atoms with E-state index in [0.29, 0.717) is 11.7 Å². The summed E-state index contributed by atoms with van der Waals surface area (Å²) in [7, 11) is 0. The van der Waals surface area contributed by atoms with Crippen molar-refractivity contribution in [3.63, 3.8) is 0 Å². The van der Waals surface area contributed by atoms with E-state index in [-0.39, 0.29) is 6.61 Å². The van der Waals surface area contributed by atoms with Gasteiger partial charge in [0, 0.05) is 6.92 Å². The summed E-state index contributed by atoms with van der Waals surface area (Å²) in [4.78, 5) is 4.07. The lowest BCUT2D eigenvalue weighted by atomic mass is 10.3. The Labute approximate surface area is 59.7 Å². The maximum atomic E-state index is 8.73. The molecule has 0 radical (unpaired) electrons. The summed E-state index contributed by atoms with van der Waals surface area (Å²) in [5.74, 6) is 1.22. The molecule has 1 heterocycles. The first-order valence-electron chi connectivity index (χ1n) is 3.34. The van der Waals surface area contributed by atoms with Gasteiger partial charge in [-0.3, -0.25) is 0 Å². The average Bonchev–Trinajstić information content (AvgIpc) is 2.30. The molecule has 0 saturated heterocycles. The lowest BCUT2D eigenvalue weighted by Gasteiger charge is -1.89. The molecular weight excluding hydrogens is 130 g/mol. The van der Waals surface area contributed by atoms with E-state index in [0.717, 1.165) is 12.1 Å². The van der Waals surface area contributed by atoms with Gasteiger partial charge in [-0.15, -0.1) is 0 Å². The highest BCUT2D eigenvalue weighted by Gasteiger charge is 2.06. The van der Waals surface area contributed by atoms with Crippen LogP contribution in [-0.2, 0) is 13.0 Å². The van der Waals surface area contributed by atoms with Gasteiger partial charge in [0.2, 0.25) is 0 Å². The molecule has 1 N–H and O–H groups in total. The van der Waals surface area contributed by atoms with Crippen LogP contribution in [0.3, 0.4) is 0 Å². The normalized spacial score (nSPS) is 10.3. The zero-order valence-corrected chi connectivity index (χ0v) is 6.22. The van der Waals surface area contributed by atoms with Crippen molar-refractivity contribution in [2.45, 2.75) is 26.9 Å². The van der Waals surface area contributed by atoms with Crippen molar-refractivity contribution in [2.75, 3.05) is 0 Å². The topological polar surface area (TPSA) is 46.3 Å². The van der Waals surface area contributed by atoms with Gasteiger partial charge in [-0.2, -0.15) is 0 Å². The number of hydrogen-bond acceptors (Lipinski definition) is 3. The summed E-state index contributed by atoms with van der Waals surface area (Å²) in [5.41, 5.74) is 0.861. The quantitative estimate of drug-likeness (QED) is 0.669. The Hall–Kier alpha value is -0.830. The molecule has 0 unspecified atom stereocenters.